The van der Waals surface area contributed by atoms with Crippen LogP contribution in [-0.4, -0.2) is 64.6 Å². The van der Waals surface area contributed by atoms with Crippen molar-refractivity contribution in [3.05, 3.63) is 55.0 Å². The summed E-state index contributed by atoms with van der Waals surface area (Å²) < 4.78 is 0. The third kappa shape index (κ3) is 5.39. The number of aromatic nitrogens is 4. The van der Waals surface area contributed by atoms with Gasteiger partial charge in [-0.3, -0.25) is 4.98 Å². The number of anilines is 4. The first-order valence-corrected chi connectivity index (χ1v) is 13.6. The highest BCUT2D eigenvalue weighted by Crippen LogP contribution is 2.34. The highest BCUT2D eigenvalue weighted by molar-refractivity contribution is 6.01. The van der Waals surface area contributed by atoms with Crippen molar-refractivity contribution in [2.24, 2.45) is 5.92 Å². The fourth-order valence-electron chi connectivity index (χ4n) is 5.56. The zero-order valence-electron chi connectivity index (χ0n) is 21.6. The maximum absolute atomic E-state index is 4.97. The van der Waals surface area contributed by atoms with Crippen LogP contribution in [0.3, 0.4) is 0 Å². The Labute approximate surface area is 218 Å². The number of nitrogens with one attached hydrogen (secondary N) is 3. The lowest BCUT2D eigenvalue weighted by Crippen LogP contribution is -2.44. The third-order valence-corrected chi connectivity index (χ3v) is 7.80. The van der Waals surface area contributed by atoms with Gasteiger partial charge in [-0.1, -0.05) is 19.3 Å². The molecule has 0 bridgehead atoms. The number of rotatable bonds is 7. The summed E-state index contributed by atoms with van der Waals surface area (Å²) in [5, 5.41) is 8.17. The number of fused-ring (bicyclic) bond motifs is 1. The van der Waals surface area contributed by atoms with Gasteiger partial charge in [-0.05, 0) is 67.8 Å². The highest BCUT2D eigenvalue weighted by Gasteiger charge is 2.19. The van der Waals surface area contributed by atoms with Gasteiger partial charge in [-0.2, -0.15) is 9.97 Å². The highest BCUT2D eigenvalue weighted by atomic mass is 15.2. The van der Waals surface area contributed by atoms with Gasteiger partial charge < -0.3 is 25.4 Å². The molecule has 4 aromatic rings. The second kappa shape index (κ2) is 10.8. The molecule has 1 aliphatic carbocycles. The molecule has 1 aromatic carbocycles. The van der Waals surface area contributed by atoms with Crippen LogP contribution in [0, 0.1) is 5.92 Å². The van der Waals surface area contributed by atoms with Crippen LogP contribution in [0.2, 0.25) is 0 Å². The number of hydrogen-bond donors (Lipinski definition) is 3. The number of nitrogens with zero attached hydrogens (tertiary/aromatic N) is 5. The van der Waals surface area contributed by atoms with Crippen molar-refractivity contribution in [1.82, 2.24) is 24.8 Å². The molecule has 0 unspecified atom stereocenters. The van der Waals surface area contributed by atoms with Gasteiger partial charge in [-0.15, -0.1) is 0 Å². The van der Waals surface area contributed by atoms with Crippen LogP contribution in [0.25, 0.3) is 22.2 Å². The van der Waals surface area contributed by atoms with Gasteiger partial charge in [0.15, 0.2) is 0 Å². The maximum Gasteiger partial charge on any atom is 0.231 e. The van der Waals surface area contributed by atoms with E-state index in [4.69, 9.17) is 9.97 Å². The lowest BCUT2D eigenvalue weighted by Gasteiger charge is -2.34. The molecule has 3 N–H and O–H groups in total. The van der Waals surface area contributed by atoms with E-state index in [1.807, 2.05) is 30.7 Å². The van der Waals surface area contributed by atoms with E-state index in [0.29, 0.717) is 11.9 Å². The summed E-state index contributed by atoms with van der Waals surface area (Å²) in [6.07, 6.45) is 12.3. The van der Waals surface area contributed by atoms with Crippen LogP contribution in [0.5, 0.6) is 0 Å². The van der Waals surface area contributed by atoms with E-state index in [-0.39, 0.29) is 0 Å². The predicted octanol–water partition coefficient (Wildman–Crippen LogP) is 5.51. The summed E-state index contributed by atoms with van der Waals surface area (Å²) in [7, 11) is 2.18. The molecule has 37 heavy (non-hydrogen) atoms. The molecule has 4 heterocycles. The zero-order chi connectivity index (χ0) is 25.0. The van der Waals surface area contributed by atoms with E-state index < -0.39 is 0 Å². The Morgan fingerprint density at radius 1 is 0.919 bits per heavy atom. The Hall–Kier alpha value is -3.65. The first-order valence-electron chi connectivity index (χ1n) is 13.6. The summed E-state index contributed by atoms with van der Waals surface area (Å²) in [5.41, 5.74) is 5.26. The summed E-state index contributed by atoms with van der Waals surface area (Å²) in [4.78, 5) is 22.2. The van der Waals surface area contributed by atoms with Crippen LogP contribution in [0.15, 0.2) is 55.0 Å². The van der Waals surface area contributed by atoms with E-state index >= 15 is 0 Å². The number of likely N-dealkylation sites (N-methyl/N-ethyl adjacent to an activating group) is 1. The molecule has 2 fully saturated rings. The third-order valence-electron chi connectivity index (χ3n) is 7.80. The number of aromatic amines is 1. The monoisotopic (exact) mass is 496 g/mol. The quantitative estimate of drug-likeness (QED) is 0.311. The van der Waals surface area contributed by atoms with Gasteiger partial charge in [0.2, 0.25) is 5.95 Å². The number of hydrogen-bond acceptors (Lipinski definition) is 7. The Kier molecular flexibility index (Phi) is 6.90. The summed E-state index contributed by atoms with van der Waals surface area (Å²) >= 11 is 0. The van der Waals surface area contributed by atoms with Gasteiger partial charge in [0.05, 0.1) is 5.39 Å². The van der Waals surface area contributed by atoms with E-state index in [0.717, 1.165) is 66.4 Å². The van der Waals surface area contributed by atoms with Crippen LogP contribution >= 0.6 is 0 Å². The largest absolute Gasteiger partial charge is 0.369 e. The molecule has 8 nitrogen and oxygen atoms in total. The average molecular weight is 497 g/mol. The molecule has 1 saturated carbocycles. The Bertz CT molecular complexity index is 1300. The molecule has 192 valence electrons. The Balaban J connectivity index is 1.26. The van der Waals surface area contributed by atoms with Crippen LogP contribution in [-0.2, 0) is 0 Å². The molecule has 0 amide bonds. The lowest BCUT2D eigenvalue weighted by molar-refractivity contribution is 0.313. The summed E-state index contributed by atoms with van der Waals surface area (Å²) in [5.74, 6) is 2.16. The van der Waals surface area contributed by atoms with Gasteiger partial charge in [-0.25, -0.2) is 0 Å². The predicted molar refractivity (Wildman–Crippen MR) is 152 cm³/mol. The second-order valence-corrected chi connectivity index (χ2v) is 10.4. The first kappa shape index (κ1) is 23.7. The number of piperazine rings is 1. The van der Waals surface area contributed by atoms with Crippen molar-refractivity contribution >= 4 is 34.2 Å². The zero-order valence-corrected chi connectivity index (χ0v) is 21.6. The van der Waals surface area contributed by atoms with Gasteiger partial charge in [0.25, 0.3) is 0 Å². The number of benzene rings is 1. The minimum atomic E-state index is 0.592. The van der Waals surface area contributed by atoms with E-state index in [1.165, 1.54) is 37.8 Å². The van der Waals surface area contributed by atoms with Crippen molar-refractivity contribution in [2.45, 2.75) is 32.1 Å². The molecular formula is C29H36N8. The topological polar surface area (TPSA) is 85.0 Å². The summed E-state index contributed by atoms with van der Waals surface area (Å²) in [6.45, 7) is 5.26. The standard InChI is InChI=1S/C29H36N8/c1-36-15-17-37(18-16-36)24-9-7-23(8-10-24)33-29-34-27(31-19-21-5-3-2-4-6-21)26-25(20-32-28(26)35-29)22-11-13-30-14-12-22/h7-14,20-21H,2-6,15-19H2,1H3,(H3,31,32,33,34,35). The average Bonchev–Trinajstić information content (AvgIpc) is 3.38. The van der Waals surface area contributed by atoms with E-state index in [9.17, 15) is 0 Å². The van der Waals surface area contributed by atoms with E-state index in [1.54, 1.807) is 0 Å². The van der Waals surface area contributed by atoms with Crippen molar-refractivity contribution in [3.8, 4) is 11.1 Å². The van der Waals surface area contributed by atoms with Crippen molar-refractivity contribution in [2.75, 3.05) is 55.3 Å². The molecule has 2 aliphatic rings. The maximum atomic E-state index is 4.97. The fraction of sp³-hybridized carbons (Fsp3) is 0.414. The second-order valence-electron chi connectivity index (χ2n) is 10.4. The minimum Gasteiger partial charge on any atom is -0.369 e. The molecule has 1 saturated heterocycles. The smallest absolute Gasteiger partial charge is 0.231 e. The normalized spacial score (nSPS) is 17.3. The lowest BCUT2D eigenvalue weighted by atomic mass is 9.89. The molecule has 1 aliphatic heterocycles. The van der Waals surface area contributed by atoms with Crippen molar-refractivity contribution < 1.29 is 0 Å². The molecule has 0 radical (unpaired) electrons. The minimum absolute atomic E-state index is 0.592. The SMILES string of the molecule is CN1CCN(c2ccc(Nc3nc(NCC4CCCCC4)c4c(-c5ccncc5)c[nH]c4n3)cc2)CC1. The van der Waals surface area contributed by atoms with Crippen LogP contribution in [0.1, 0.15) is 32.1 Å². The van der Waals surface area contributed by atoms with Gasteiger partial charge in [0.1, 0.15) is 11.5 Å². The van der Waals surface area contributed by atoms with Crippen molar-refractivity contribution in [3.63, 3.8) is 0 Å². The number of H-pyrrole nitrogens is 1. The van der Waals surface area contributed by atoms with Gasteiger partial charge >= 0.3 is 0 Å². The van der Waals surface area contributed by atoms with Crippen LogP contribution in [0.4, 0.5) is 23.1 Å². The first-order chi connectivity index (χ1) is 18.2. The Morgan fingerprint density at radius 3 is 2.43 bits per heavy atom. The Morgan fingerprint density at radius 2 is 1.68 bits per heavy atom. The van der Waals surface area contributed by atoms with Crippen molar-refractivity contribution in [1.29, 1.82) is 0 Å². The number of pyridine rings is 1. The van der Waals surface area contributed by atoms with Crippen LogP contribution < -0.4 is 15.5 Å². The molecular weight excluding hydrogens is 460 g/mol. The molecule has 0 atom stereocenters. The summed E-state index contributed by atoms with van der Waals surface area (Å²) in [6, 6.07) is 12.7. The molecule has 8 heteroatoms. The molecule has 0 spiro atoms. The van der Waals surface area contributed by atoms with E-state index in [2.05, 4.69) is 61.7 Å². The molecule has 6 rings (SSSR count). The van der Waals surface area contributed by atoms with Gasteiger partial charge in [0, 0.05) is 68.3 Å². The molecule has 3 aromatic heterocycles. The fourth-order valence-corrected chi connectivity index (χ4v) is 5.56.